The summed E-state index contributed by atoms with van der Waals surface area (Å²) in [6, 6.07) is 21.1. The van der Waals surface area contributed by atoms with E-state index in [0.29, 0.717) is 33.2 Å². The lowest BCUT2D eigenvalue weighted by Gasteiger charge is -2.17. The van der Waals surface area contributed by atoms with Gasteiger partial charge in [0.1, 0.15) is 10.3 Å². The monoisotopic (exact) mass is 532 g/mol. The van der Waals surface area contributed by atoms with Gasteiger partial charge in [-0.1, -0.05) is 75.8 Å². The summed E-state index contributed by atoms with van der Waals surface area (Å²) in [7, 11) is 0. The van der Waals surface area contributed by atoms with Crippen molar-refractivity contribution in [2.75, 3.05) is 4.90 Å². The summed E-state index contributed by atoms with van der Waals surface area (Å²) in [6.07, 6.45) is 0. The fraction of sp³-hybridized carbons (Fsp3) is 0.0400. The van der Waals surface area contributed by atoms with Crippen LogP contribution < -0.4 is 15.0 Å². The molecule has 1 aliphatic rings. The zero-order valence-corrected chi connectivity index (χ0v) is 19.8. The standard InChI is InChI=1S/C25H14BrFN4O2S/c26-16-11-9-14(10-12-16)22-28-25-31(29-22)24(33)21(34-25)20-17-6-2-4-8-19(17)30(23(20)32)13-15-5-1-3-7-18(15)27/h1-12H,13H2/b21-20-. The molecule has 0 bridgehead atoms. The average Bonchev–Trinajstić information content (AvgIpc) is 3.47. The van der Waals surface area contributed by atoms with Crippen molar-refractivity contribution in [1.82, 2.24) is 14.6 Å². The third-order valence-corrected chi connectivity index (χ3v) is 7.25. The minimum atomic E-state index is -0.401. The van der Waals surface area contributed by atoms with Crippen LogP contribution >= 0.6 is 27.3 Å². The smallest absolute Gasteiger partial charge is 0.291 e. The SMILES string of the molecule is O=C1/C(=c2\sc3nc(-c4ccc(Br)cc4)nn3c2=O)c2ccccc2N1Cc1ccccc1F. The van der Waals surface area contributed by atoms with Crippen molar-refractivity contribution in [3.8, 4) is 11.4 Å². The maximum Gasteiger partial charge on any atom is 0.291 e. The highest BCUT2D eigenvalue weighted by atomic mass is 79.9. The molecule has 5 aromatic rings. The molecule has 1 aliphatic heterocycles. The number of nitrogens with zero attached hydrogens (tertiary/aromatic N) is 4. The van der Waals surface area contributed by atoms with Crippen LogP contribution in [0.25, 0.3) is 21.9 Å². The Balaban J connectivity index is 1.50. The summed E-state index contributed by atoms with van der Waals surface area (Å²) in [5.74, 6) is -0.295. The van der Waals surface area contributed by atoms with Crippen molar-refractivity contribution in [2.24, 2.45) is 0 Å². The van der Waals surface area contributed by atoms with E-state index in [1.807, 2.05) is 36.4 Å². The van der Waals surface area contributed by atoms with Crippen LogP contribution in [0.5, 0.6) is 0 Å². The maximum absolute atomic E-state index is 14.3. The Morgan fingerprint density at radius 3 is 2.44 bits per heavy atom. The first-order valence-electron chi connectivity index (χ1n) is 10.4. The van der Waals surface area contributed by atoms with E-state index in [0.717, 1.165) is 21.4 Å². The van der Waals surface area contributed by atoms with Gasteiger partial charge >= 0.3 is 0 Å². The summed E-state index contributed by atoms with van der Waals surface area (Å²) in [4.78, 5) is 33.3. The second-order valence-corrected chi connectivity index (χ2v) is 9.64. The third kappa shape index (κ3) is 3.27. The van der Waals surface area contributed by atoms with Gasteiger partial charge in [0.25, 0.3) is 11.5 Å². The first kappa shape index (κ1) is 20.9. The second-order valence-electron chi connectivity index (χ2n) is 7.75. The Kier molecular flexibility index (Phi) is 4.89. The molecule has 0 N–H and O–H groups in total. The molecular weight excluding hydrogens is 519 g/mol. The van der Waals surface area contributed by atoms with Crippen LogP contribution in [0.3, 0.4) is 0 Å². The van der Waals surface area contributed by atoms with Gasteiger partial charge in [-0.15, -0.1) is 5.10 Å². The minimum Gasteiger partial charge on any atom is -0.303 e. The molecule has 0 aliphatic carbocycles. The molecule has 6 rings (SSSR count). The van der Waals surface area contributed by atoms with Crippen molar-refractivity contribution in [3.63, 3.8) is 0 Å². The first-order valence-corrected chi connectivity index (χ1v) is 12.0. The van der Waals surface area contributed by atoms with Gasteiger partial charge in [-0.3, -0.25) is 9.59 Å². The fourth-order valence-corrected chi connectivity index (χ4v) is 5.32. The van der Waals surface area contributed by atoms with E-state index in [9.17, 15) is 14.0 Å². The molecule has 3 aromatic carbocycles. The lowest BCUT2D eigenvalue weighted by atomic mass is 10.1. The molecule has 0 saturated carbocycles. The van der Waals surface area contributed by atoms with Crippen LogP contribution in [-0.4, -0.2) is 20.5 Å². The van der Waals surface area contributed by atoms with Crippen LogP contribution in [0.1, 0.15) is 11.1 Å². The van der Waals surface area contributed by atoms with Gasteiger partial charge in [-0.2, -0.15) is 9.50 Å². The number of rotatable bonds is 3. The van der Waals surface area contributed by atoms with Gasteiger partial charge in [0.05, 0.1) is 17.8 Å². The van der Waals surface area contributed by atoms with Gasteiger partial charge in [0.2, 0.25) is 4.96 Å². The Morgan fingerprint density at radius 2 is 1.68 bits per heavy atom. The molecule has 166 valence electrons. The molecule has 2 aromatic heterocycles. The number of thiazole rings is 1. The van der Waals surface area contributed by atoms with E-state index < -0.39 is 5.56 Å². The first-order chi connectivity index (χ1) is 16.5. The van der Waals surface area contributed by atoms with Crippen LogP contribution in [0.2, 0.25) is 0 Å². The van der Waals surface area contributed by atoms with Crippen LogP contribution in [0.4, 0.5) is 10.1 Å². The molecular formula is C25H14BrFN4O2S. The molecule has 0 saturated heterocycles. The summed E-state index contributed by atoms with van der Waals surface area (Å²) in [6.45, 7) is 0.0642. The van der Waals surface area contributed by atoms with E-state index >= 15 is 0 Å². The number of aromatic nitrogens is 3. The predicted octanol–water partition coefficient (Wildman–Crippen LogP) is 4.18. The molecule has 6 nitrogen and oxygen atoms in total. The van der Waals surface area contributed by atoms with Gasteiger partial charge in [0, 0.05) is 21.2 Å². The number of halogens is 2. The van der Waals surface area contributed by atoms with Crippen molar-refractivity contribution >= 4 is 49.4 Å². The molecule has 3 heterocycles. The fourth-order valence-electron chi connectivity index (χ4n) is 4.06. The van der Waals surface area contributed by atoms with Gasteiger partial charge in [0.15, 0.2) is 5.82 Å². The number of para-hydroxylation sites is 1. The quantitative estimate of drug-likeness (QED) is 0.349. The molecule has 34 heavy (non-hydrogen) atoms. The molecule has 1 amide bonds. The number of hydrogen-bond acceptors (Lipinski definition) is 5. The van der Waals surface area contributed by atoms with Crippen LogP contribution in [0.15, 0.2) is 82.1 Å². The minimum absolute atomic E-state index is 0.0642. The normalized spacial score (nSPS) is 14.8. The number of hydrogen-bond donors (Lipinski definition) is 0. The van der Waals surface area contributed by atoms with Crippen molar-refractivity contribution < 1.29 is 9.18 Å². The van der Waals surface area contributed by atoms with Crippen molar-refractivity contribution in [3.05, 3.63) is 109 Å². The summed E-state index contributed by atoms with van der Waals surface area (Å²) < 4.78 is 16.7. The highest BCUT2D eigenvalue weighted by molar-refractivity contribution is 9.10. The summed E-state index contributed by atoms with van der Waals surface area (Å²) >= 11 is 4.53. The van der Waals surface area contributed by atoms with Gasteiger partial charge in [-0.05, 0) is 24.3 Å². The highest BCUT2D eigenvalue weighted by Gasteiger charge is 2.34. The number of carbonyl (C=O) groups excluding carboxylic acids is 1. The third-order valence-electron chi connectivity index (χ3n) is 5.70. The van der Waals surface area contributed by atoms with Crippen LogP contribution in [-0.2, 0) is 11.3 Å². The number of benzene rings is 3. The number of carbonyl (C=O) groups is 1. The Morgan fingerprint density at radius 1 is 0.941 bits per heavy atom. The second kappa shape index (κ2) is 7.96. The van der Waals surface area contributed by atoms with E-state index in [-0.39, 0.29) is 22.8 Å². The number of anilines is 1. The molecule has 0 unspecified atom stereocenters. The lowest BCUT2D eigenvalue weighted by molar-refractivity contribution is -0.113. The Bertz CT molecular complexity index is 1710. The van der Waals surface area contributed by atoms with Gasteiger partial charge < -0.3 is 4.90 Å². The molecule has 0 radical (unpaired) electrons. The van der Waals surface area contributed by atoms with Crippen LogP contribution in [0, 0.1) is 5.82 Å². The zero-order chi connectivity index (χ0) is 23.4. The van der Waals surface area contributed by atoms with E-state index in [1.165, 1.54) is 15.5 Å². The number of amides is 1. The predicted molar refractivity (Wildman–Crippen MR) is 132 cm³/mol. The Hall–Kier alpha value is -3.69. The largest absolute Gasteiger partial charge is 0.303 e. The summed E-state index contributed by atoms with van der Waals surface area (Å²) in [5.41, 5.74) is 2.35. The maximum atomic E-state index is 14.3. The Labute approximate surface area is 204 Å². The topological polar surface area (TPSA) is 67.6 Å². The highest BCUT2D eigenvalue weighted by Crippen LogP contribution is 2.36. The zero-order valence-electron chi connectivity index (χ0n) is 17.4. The molecule has 0 spiro atoms. The molecule has 9 heteroatoms. The lowest BCUT2D eigenvalue weighted by Crippen LogP contribution is -2.32. The van der Waals surface area contributed by atoms with Crippen molar-refractivity contribution in [2.45, 2.75) is 6.54 Å². The van der Waals surface area contributed by atoms with Gasteiger partial charge in [-0.25, -0.2) is 4.39 Å². The molecule has 0 atom stereocenters. The van der Waals surface area contributed by atoms with Crippen molar-refractivity contribution in [1.29, 1.82) is 0 Å². The number of fused-ring (bicyclic) bond motifs is 2. The average molecular weight is 533 g/mol. The molecule has 0 fully saturated rings. The van der Waals surface area contributed by atoms with E-state index in [1.54, 1.807) is 30.3 Å². The van der Waals surface area contributed by atoms with E-state index in [2.05, 4.69) is 26.0 Å². The summed E-state index contributed by atoms with van der Waals surface area (Å²) in [5, 5.41) is 4.38. The van der Waals surface area contributed by atoms with E-state index in [4.69, 9.17) is 0 Å².